The molecule has 0 radical (unpaired) electrons. The van der Waals surface area contributed by atoms with E-state index in [0.29, 0.717) is 6.79 Å². The monoisotopic (exact) mass is 382 g/mol. The molecule has 0 aliphatic heterocycles. The van der Waals surface area contributed by atoms with Crippen LogP contribution in [0.5, 0.6) is 0 Å². The fourth-order valence-corrected chi connectivity index (χ4v) is 2.37. The molecule has 0 N–H and O–H groups in total. The summed E-state index contributed by atoms with van der Waals surface area (Å²) < 4.78 is 11.7. The molecule has 0 unspecified atom stereocenters. The molecule has 0 aliphatic carbocycles. The van der Waals surface area contributed by atoms with Crippen LogP contribution in [0.25, 0.3) is 0 Å². The standard InChI is InChI=1S/C16H31IO2/c1-2-18-16-19-15-13-11-9-7-5-3-4-6-8-10-12-14-17/h9,11H,2-8,10,12-16H2,1H3. The number of alkyl halides is 1. The summed E-state index contributed by atoms with van der Waals surface area (Å²) >= 11 is 2.46. The first-order valence-corrected chi connectivity index (χ1v) is 9.30. The lowest BCUT2D eigenvalue weighted by Gasteiger charge is -2.01. The van der Waals surface area contributed by atoms with E-state index in [9.17, 15) is 0 Å². The minimum Gasteiger partial charge on any atom is -0.356 e. The van der Waals surface area contributed by atoms with Crippen LogP contribution in [0.15, 0.2) is 12.2 Å². The molecule has 0 bridgehead atoms. The van der Waals surface area contributed by atoms with Crippen molar-refractivity contribution in [2.45, 2.75) is 64.7 Å². The van der Waals surface area contributed by atoms with Gasteiger partial charge in [-0.2, -0.15) is 0 Å². The van der Waals surface area contributed by atoms with Gasteiger partial charge in [0.05, 0.1) is 6.61 Å². The Morgan fingerprint density at radius 2 is 1.42 bits per heavy atom. The van der Waals surface area contributed by atoms with Crippen molar-refractivity contribution in [3.8, 4) is 0 Å². The number of rotatable bonds is 15. The van der Waals surface area contributed by atoms with Crippen molar-refractivity contribution in [2.24, 2.45) is 0 Å². The van der Waals surface area contributed by atoms with Gasteiger partial charge in [-0.05, 0) is 37.0 Å². The van der Waals surface area contributed by atoms with E-state index in [4.69, 9.17) is 9.47 Å². The molecule has 2 nitrogen and oxygen atoms in total. The Bertz CT molecular complexity index is 184. The van der Waals surface area contributed by atoms with Gasteiger partial charge in [0.25, 0.3) is 0 Å². The highest BCUT2D eigenvalue weighted by atomic mass is 127. The zero-order valence-corrected chi connectivity index (χ0v) is 14.7. The van der Waals surface area contributed by atoms with Crippen LogP contribution in [0.2, 0.25) is 0 Å². The Balaban J connectivity index is 3.00. The third kappa shape index (κ3) is 18.4. The topological polar surface area (TPSA) is 18.5 Å². The maximum Gasteiger partial charge on any atom is 0.146 e. The average Bonchev–Trinajstić information content (AvgIpc) is 2.43. The summed E-state index contributed by atoms with van der Waals surface area (Å²) in [5, 5.41) is 0. The van der Waals surface area contributed by atoms with E-state index in [0.717, 1.165) is 19.6 Å². The second-order valence-electron chi connectivity index (χ2n) is 4.73. The van der Waals surface area contributed by atoms with E-state index in [1.54, 1.807) is 0 Å². The van der Waals surface area contributed by atoms with Crippen LogP contribution in [0.4, 0.5) is 0 Å². The van der Waals surface area contributed by atoms with Crippen molar-refractivity contribution in [2.75, 3.05) is 24.4 Å². The van der Waals surface area contributed by atoms with Crippen LogP contribution >= 0.6 is 22.6 Å². The molecule has 0 atom stereocenters. The largest absolute Gasteiger partial charge is 0.356 e. The van der Waals surface area contributed by atoms with Crippen molar-refractivity contribution in [3.05, 3.63) is 12.2 Å². The lowest BCUT2D eigenvalue weighted by atomic mass is 10.1. The normalized spacial score (nSPS) is 11.5. The van der Waals surface area contributed by atoms with Crippen LogP contribution in [-0.4, -0.2) is 24.4 Å². The van der Waals surface area contributed by atoms with Gasteiger partial charge in [-0.15, -0.1) is 0 Å². The van der Waals surface area contributed by atoms with Gasteiger partial charge in [-0.3, -0.25) is 0 Å². The van der Waals surface area contributed by atoms with Gasteiger partial charge in [-0.25, -0.2) is 0 Å². The third-order valence-corrected chi connectivity index (χ3v) is 3.73. The van der Waals surface area contributed by atoms with Crippen LogP contribution in [0.1, 0.15) is 64.7 Å². The second-order valence-corrected chi connectivity index (χ2v) is 5.81. The van der Waals surface area contributed by atoms with Crippen LogP contribution in [0.3, 0.4) is 0 Å². The summed E-state index contributed by atoms with van der Waals surface area (Å²) in [7, 11) is 0. The fourth-order valence-electron chi connectivity index (χ4n) is 1.83. The van der Waals surface area contributed by atoms with Gasteiger partial charge in [0.1, 0.15) is 6.79 Å². The van der Waals surface area contributed by atoms with Crippen LogP contribution in [0, 0.1) is 0 Å². The number of allylic oxidation sites excluding steroid dienone is 1. The van der Waals surface area contributed by atoms with Gasteiger partial charge < -0.3 is 9.47 Å². The molecule has 0 rings (SSSR count). The molecular formula is C16H31IO2. The molecule has 0 saturated carbocycles. The van der Waals surface area contributed by atoms with E-state index < -0.39 is 0 Å². The van der Waals surface area contributed by atoms with Crippen LogP contribution < -0.4 is 0 Å². The minimum absolute atomic E-state index is 0.432. The zero-order valence-electron chi connectivity index (χ0n) is 12.5. The van der Waals surface area contributed by atoms with Gasteiger partial charge in [-0.1, -0.05) is 66.8 Å². The Labute approximate surface area is 133 Å². The number of unbranched alkanes of at least 4 members (excludes halogenated alkanes) is 7. The number of ether oxygens (including phenoxy) is 2. The van der Waals surface area contributed by atoms with Crippen molar-refractivity contribution in [1.29, 1.82) is 0 Å². The Morgan fingerprint density at radius 1 is 0.789 bits per heavy atom. The zero-order chi connectivity index (χ0) is 14.0. The summed E-state index contributed by atoms with van der Waals surface area (Å²) in [6.07, 6.45) is 16.5. The molecule has 0 aromatic carbocycles. The molecule has 0 aliphatic rings. The molecule has 3 heteroatoms. The van der Waals surface area contributed by atoms with Gasteiger partial charge in [0, 0.05) is 6.61 Å². The minimum atomic E-state index is 0.432. The highest BCUT2D eigenvalue weighted by Crippen LogP contribution is 2.09. The summed E-state index contributed by atoms with van der Waals surface area (Å²) in [5.41, 5.74) is 0. The molecule has 0 aromatic rings. The van der Waals surface area contributed by atoms with Crippen molar-refractivity contribution in [1.82, 2.24) is 0 Å². The molecule has 19 heavy (non-hydrogen) atoms. The lowest BCUT2D eigenvalue weighted by Crippen LogP contribution is -1.99. The average molecular weight is 382 g/mol. The van der Waals surface area contributed by atoms with E-state index in [-0.39, 0.29) is 0 Å². The molecule has 0 spiro atoms. The first kappa shape index (κ1) is 19.4. The Kier molecular flexibility index (Phi) is 18.8. The molecule has 0 heterocycles. The highest BCUT2D eigenvalue weighted by Gasteiger charge is 1.90. The fraction of sp³-hybridized carbons (Fsp3) is 0.875. The molecule has 0 aromatic heterocycles. The van der Waals surface area contributed by atoms with E-state index in [2.05, 4.69) is 34.7 Å². The summed E-state index contributed by atoms with van der Waals surface area (Å²) in [5.74, 6) is 0. The van der Waals surface area contributed by atoms with Gasteiger partial charge >= 0.3 is 0 Å². The van der Waals surface area contributed by atoms with Crippen molar-refractivity contribution >= 4 is 22.6 Å². The van der Waals surface area contributed by atoms with E-state index in [1.807, 2.05) is 6.92 Å². The Morgan fingerprint density at radius 3 is 2.11 bits per heavy atom. The molecule has 0 amide bonds. The molecular weight excluding hydrogens is 351 g/mol. The quantitative estimate of drug-likeness (QED) is 0.122. The predicted molar refractivity (Wildman–Crippen MR) is 92.0 cm³/mol. The van der Waals surface area contributed by atoms with Crippen LogP contribution in [-0.2, 0) is 9.47 Å². The smallest absolute Gasteiger partial charge is 0.146 e. The third-order valence-electron chi connectivity index (χ3n) is 2.97. The lowest BCUT2D eigenvalue weighted by molar-refractivity contribution is -0.0476. The highest BCUT2D eigenvalue weighted by molar-refractivity contribution is 14.1. The van der Waals surface area contributed by atoms with Gasteiger partial charge in [0.2, 0.25) is 0 Å². The summed E-state index contributed by atoms with van der Waals surface area (Å²) in [4.78, 5) is 0. The Hall–Kier alpha value is 0.390. The van der Waals surface area contributed by atoms with Crippen molar-refractivity contribution < 1.29 is 9.47 Å². The molecule has 0 saturated heterocycles. The van der Waals surface area contributed by atoms with Gasteiger partial charge in [0.15, 0.2) is 0 Å². The first-order valence-electron chi connectivity index (χ1n) is 7.78. The van der Waals surface area contributed by atoms with E-state index in [1.165, 1.54) is 55.8 Å². The predicted octanol–water partition coefficient (Wildman–Crippen LogP) is 5.50. The maximum atomic E-state index is 5.29. The molecule has 0 fully saturated rings. The summed E-state index contributed by atoms with van der Waals surface area (Å²) in [6.45, 7) is 3.91. The number of hydrogen-bond donors (Lipinski definition) is 0. The second kappa shape index (κ2) is 18.4. The maximum absolute atomic E-state index is 5.29. The SMILES string of the molecule is CCOCOCCC=CCCCCCCCCCI. The molecule has 114 valence electrons. The summed E-state index contributed by atoms with van der Waals surface area (Å²) in [6, 6.07) is 0. The number of halogens is 1. The first-order chi connectivity index (χ1) is 9.41. The van der Waals surface area contributed by atoms with E-state index >= 15 is 0 Å². The number of hydrogen-bond acceptors (Lipinski definition) is 2. The van der Waals surface area contributed by atoms with Crippen molar-refractivity contribution in [3.63, 3.8) is 0 Å².